The van der Waals surface area contributed by atoms with Crippen LogP contribution in [0.2, 0.25) is 0 Å². The van der Waals surface area contributed by atoms with Crippen LogP contribution in [-0.4, -0.2) is 67.7 Å². The summed E-state index contributed by atoms with van der Waals surface area (Å²) < 4.78 is 0. The number of benzene rings is 1. The number of carboxylic acid groups (broad SMARTS) is 2. The summed E-state index contributed by atoms with van der Waals surface area (Å²) >= 11 is 1.25. The molecule has 2 aliphatic rings. The van der Waals surface area contributed by atoms with E-state index in [9.17, 15) is 29.4 Å². The van der Waals surface area contributed by atoms with E-state index in [-0.39, 0.29) is 29.0 Å². The van der Waals surface area contributed by atoms with Gasteiger partial charge in [-0.15, -0.1) is 11.8 Å². The lowest BCUT2D eigenvalue weighted by Gasteiger charge is -2.49. The minimum Gasteiger partial charge on any atom is -0.481 e. The van der Waals surface area contributed by atoms with Crippen molar-refractivity contribution >= 4 is 35.5 Å². The van der Waals surface area contributed by atoms with E-state index in [1.807, 2.05) is 0 Å². The molecule has 27 heavy (non-hydrogen) atoms. The third kappa shape index (κ3) is 3.40. The topological polar surface area (TPSA) is 144 Å². The van der Waals surface area contributed by atoms with Crippen molar-refractivity contribution in [2.45, 2.75) is 17.8 Å². The van der Waals surface area contributed by atoms with Gasteiger partial charge in [0.2, 0.25) is 0 Å². The Morgan fingerprint density at radius 1 is 1.22 bits per heavy atom. The van der Waals surface area contributed by atoms with Crippen molar-refractivity contribution in [2.24, 2.45) is 0 Å². The Morgan fingerprint density at radius 2 is 1.93 bits per heavy atom. The molecule has 2 aliphatic heterocycles. The molecule has 142 valence electrons. The van der Waals surface area contributed by atoms with Crippen LogP contribution in [0.25, 0.3) is 0 Å². The lowest BCUT2D eigenvalue weighted by molar-refractivity contribution is -0.148. The molecular formula is C17H16N2O7S. The highest BCUT2D eigenvalue weighted by Gasteiger charge is 2.54. The number of fused-ring (bicyclic) bond motifs is 1. The maximum absolute atomic E-state index is 12.6. The van der Waals surface area contributed by atoms with E-state index in [1.165, 1.54) is 23.9 Å². The Balaban J connectivity index is 1.79. The smallest absolute Gasteiger partial charge is 0.352 e. The Hall–Kier alpha value is -2.85. The predicted molar refractivity (Wildman–Crippen MR) is 93.9 cm³/mol. The Labute approximate surface area is 157 Å². The van der Waals surface area contributed by atoms with Gasteiger partial charge in [-0.3, -0.25) is 19.3 Å². The first-order chi connectivity index (χ1) is 12.8. The largest absolute Gasteiger partial charge is 0.481 e. The molecule has 3 rings (SSSR count). The van der Waals surface area contributed by atoms with Crippen LogP contribution < -0.4 is 5.32 Å². The fourth-order valence-electron chi connectivity index (χ4n) is 3.08. The minimum absolute atomic E-state index is 0.150. The molecule has 0 aromatic heterocycles. The number of amides is 2. The van der Waals surface area contributed by atoms with E-state index in [2.05, 4.69) is 5.32 Å². The Morgan fingerprint density at radius 3 is 2.56 bits per heavy atom. The first kappa shape index (κ1) is 18.9. The van der Waals surface area contributed by atoms with Crippen LogP contribution in [-0.2, 0) is 20.8 Å². The van der Waals surface area contributed by atoms with Gasteiger partial charge in [0.15, 0.2) is 0 Å². The molecule has 1 fully saturated rings. The quantitative estimate of drug-likeness (QED) is 0.481. The monoisotopic (exact) mass is 392 g/mol. The maximum Gasteiger partial charge on any atom is 0.352 e. The van der Waals surface area contributed by atoms with Gasteiger partial charge in [-0.25, -0.2) is 4.79 Å². The minimum atomic E-state index is -1.31. The summed E-state index contributed by atoms with van der Waals surface area (Å²) in [6, 6.07) is 5.27. The normalized spacial score (nSPS) is 21.4. The van der Waals surface area contributed by atoms with Gasteiger partial charge < -0.3 is 20.6 Å². The maximum atomic E-state index is 12.6. The number of carbonyl (C=O) groups excluding carboxylic acids is 2. The molecule has 0 bridgehead atoms. The number of rotatable bonds is 6. The molecule has 10 heteroatoms. The SMILES string of the molecule is O=C(O)Cc1ccccc1C(=O)N[C@H]1C(=O)N2C(C(=O)O)=C(CO)CS[C@@H]12. The van der Waals surface area contributed by atoms with Crippen molar-refractivity contribution < 1.29 is 34.5 Å². The molecule has 2 atom stereocenters. The van der Waals surface area contributed by atoms with E-state index < -0.39 is 41.8 Å². The van der Waals surface area contributed by atoms with Crippen LogP contribution in [0.1, 0.15) is 15.9 Å². The summed E-state index contributed by atoms with van der Waals surface area (Å²) in [7, 11) is 0. The van der Waals surface area contributed by atoms with Crippen LogP contribution in [0.4, 0.5) is 0 Å². The number of hydrogen-bond acceptors (Lipinski definition) is 6. The Bertz CT molecular complexity index is 867. The van der Waals surface area contributed by atoms with E-state index in [1.54, 1.807) is 12.1 Å². The van der Waals surface area contributed by atoms with E-state index >= 15 is 0 Å². The standard InChI is InChI=1S/C17H16N2O7S/c20-6-9-7-27-16-12(15(24)19(16)13(9)17(25)26)18-14(23)10-4-2-1-3-8(10)5-11(21)22/h1-4,12,16,20H,5-7H2,(H,18,23)(H,21,22)(H,25,26)/t12-,16-/m0/s1. The fraction of sp³-hybridized carbons (Fsp3) is 0.294. The second-order valence-corrected chi connectivity index (χ2v) is 7.11. The molecule has 2 heterocycles. The zero-order valence-corrected chi connectivity index (χ0v) is 14.7. The average molecular weight is 392 g/mol. The number of hydrogen-bond donors (Lipinski definition) is 4. The number of thioether (sulfide) groups is 1. The number of carboxylic acids is 2. The van der Waals surface area contributed by atoms with Crippen LogP contribution in [0.5, 0.6) is 0 Å². The Kier molecular flexibility index (Phi) is 5.19. The van der Waals surface area contributed by atoms with Crippen LogP contribution in [0, 0.1) is 0 Å². The van der Waals surface area contributed by atoms with Crippen LogP contribution in [0.15, 0.2) is 35.5 Å². The summed E-state index contributed by atoms with van der Waals surface area (Å²) in [6.45, 7) is -0.468. The van der Waals surface area contributed by atoms with Gasteiger partial charge in [0.1, 0.15) is 17.1 Å². The van der Waals surface area contributed by atoms with Crippen molar-refractivity contribution in [2.75, 3.05) is 12.4 Å². The van der Waals surface area contributed by atoms with Crippen molar-refractivity contribution in [3.8, 4) is 0 Å². The van der Waals surface area contributed by atoms with Crippen molar-refractivity contribution in [3.05, 3.63) is 46.7 Å². The summed E-state index contributed by atoms with van der Waals surface area (Å²) in [4.78, 5) is 48.4. The second kappa shape index (κ2) is 7.41. The number of nitrogens with one attached hydrogen (secondary N) is 1. The molecule has 1 saturated heterocycles. The van der Waals surface area contributed by atoms with Gasteiger partial charge in [0, 0.05) is 11.3 Å². The van der Waals surface area contributed by atoms with Crippen LogP contribution in [0.3, 0.4) is 0 Å². The van der Waals surface area contributed by atoms with E-state index in [0.717, 1.165) is 4.90 Å². The third-order valence-electron chi connectivity index (χ3n) is 4.33. The number of aliphatic carboxylic acids is 2. The zero-order valence-electron chi connectivity index (χ0n) is 13.9. The molecule has 0 unspecified atom stereocenters. The molecule has 0 radical (unpaired) electrons. The molecule has 4 N–H and O–H groups in total. The lowest BCUT2D eigenvalue weighted by atomic mass is 10.0. The fourth-order valence-corrected chi connectivity index (χ4v) is 4.42. The van der Waals surface area contributed by atoms with E-state index in [0.29, 0.717) is 5.56 Å². The van der Waals surface area contributed by atoms with Gasteiger partial charge in [0.05, 0.1) is 13.0 Å². The first-order valence-electron chi connectivity index (χ1n) is 7.96. The molecule has 1 aromatic carbocycles. The number of β-lactam (4-membered cyclic amide) rings is 1. The summed E-state index contributed by atoms with van der Waals surface area (Å²) in [5, 5.41) is 29.6. The molecule has 0 spiro atoms. The van der Waals surface area contributed by atoms with Crippen LogP contribution >= 0.6 is 11.8 Å². The van der Waals surface area contributed by atoms with E-state index in [4.69, 9.17) is 5.11 Å². The van der Waals surface area contributed by atoms with Crippen molar-refractivity contribution in [1.82, 2.24) is 10.2 Å². The van der Waals surface area contributed by atoms with Gasteiger partial charge in [-0.05, 0) is 17.2 Å². The molecule has 0 saturated carbocycles. The van der Waals surface area contributed by atoms with Gasteiger partial charge in [0.25, 0.3) is 11.8 Å². The van der Waals surface area contributed by atoms with Gasteiger partial charge in [-0.1, -0.05) is 18.2 Å². The van der Waals surface area contributed by atoms with Gasteiger partial charge in [-0.2, -0.15) is 0 Å². The van der Waals surface area contributed by atoms with Crippen molar-refractivity contribution in [1.29, 1.82) is 0 Å². The highest BCUT2D eigenvalue weighted by atomic mass is 32.2. The number of nitrogens with zero attached hydrogens (tertiary/aromatic N) is 1. The summed E-state index contributed by atoms with van der Waals surface area (Å²) in [5.41, 5.74) is 0.463. The highest BCUT2D eigenvalue weighted by Crippen LogP contribution is 2.40. The second-order valence-electron chi connectivity index (χ2n) is 6.00. The number of aliphatic hydroxyl groups is 1. The number of aliphatic hydroxyl groups excluding tert-OH is 1. The highest BCUT2D eigenvalue weighted by molar-refractivity contribution is 8.00. The molecule has 9 nitrogen and oxygen atoms in total. The zero-order chi connectivity index (χ0) is 19.7. The summed E-state index contributed by atoms with van der Waals surface area (Å²) in [6.07, 6.45) is -0.335. The molecular weight excluding hydrogens is 376 g/mol. The van der Waals surface area contributed by atoms with Crippen molar-refractivity contribution in [3.63, 3.8) is 0 Å². The molecule has 0 aliphatic carbocycles. The number of carbonyl (C=O) groups is 4. The molecule has 1 aromatic rings. The average Bonchev–Trinajstić information content (AvgIpc) is 2.64. The summed E-state index contributed by atoms with van der Waals surface area (Å²) in [5.74, 6) is -3.35. The predicted octanol–water partition coefficient (Wildman–Crippen LogP) is -0.342. The van der Waals surface area contributed by atoms with Gasteiger partial charge >= 0.3 is 11.9 Å². The lowest BCUT2D eigenvalue weighted by Crippen LogP contribution is -2.70. The first-order valence-corrected chi connectivity index (χ1v) is 9.01. The molecule has 2 amide bonds. The third-order valence-corrected chi connectivity index (χ3v) is 5.67.